The summed E-state index contributed by atoms with van der Waals surface area (Å²) in [5.74, 6) is 0.474. The molecule has 0 aromatic heterocycles. The first-order valence-electron chi connectivity index (χ1n) is 6.17. The van der Waals surface area contributed by atoms with Gasteiger partial charge in [-0.05, 0) is 62.2 Å². The molecule has 0 aliphatic heterocycles. The van der Waals surface area contributed by atoms with Crippen molar-refractivity contribution in [1.29, 1.82) is 0 Å². The number of carbonyl (C=O) groups excluding carboxylic acids is 1. The average molecular weight is 414 g/mol. The molecule has 2 aromatic rings. The lowest BCUT2D eigenvalue weighted by Crippen LogP contribution is -2.12. The van der Waals surface area contributed by atoms with Gasteiger partial charge in [0, 0.05) is 28.8 Å². The van der Waals surface area contributed by atoms with E-state index in [9.17, 15) is 4.79 Å². The van der Waals surface area contributed by atoms with Gasteiger partial charge in [-0.1, -0.05) is 0 Å². The summed E-state index contributed by atoms with van der Waals surface area (Å²) in [5, 5.41) is 5.87. The van der Waals surface area contributed by atoms with Crippen LogP contribution < -0.4 is 15.4 Å². The van der Waals surface area contributed by atoms with E-state index in [4.69, 9.17) is 4.74 Å². The van der Waals surface area contributed by atoms with Gasteiger partial charge >= 0.3 is 0 Å². The fourth-order valence-electron chi connectivity index (χ4n) is 1.76. The highest BCUT2D eigenvalue weighted by molar-refractivity contribution is 9.11. The maximum absolute atomic E-state index is 12.2. The summed E-state index contributed by atoms with van der Waals surface area (Å²) in [7, 11) is 3.41. The molecule has 6 heteroatoms. The Bertz CT molecular complexity index is 657. The third-order valence-electron chi connectivity index (χ3n) is 2.93. The molecule has 21 heavy (non-hydrogen) atoms. The summed E-state index contributed by atoms with van der Waals surface area (Å²) < 4.78 is 6.82. The Morgan fingerprint density at radius 3 is 2.33 bits per heavy atom. The molecule has 4 nitrogen and oxygen atoms in total. The molecular weight excluding hydrogens is 400 g/mol. The summed E-state index contributed by atoms with van der Waals surface area (Å²) in [5.41, 5.74) is 2.19. The molecule has 1 amide bonds. The van der Waals surface area contributed by atoms with Gasteiger partial charge in [0.15, 0.2) is 0 Å². The maximum Gasteiger partial charge on any atom is 0.255 e. The fourth-order valence-corrected chi connectivity index (χ4v) is 3.02. The van der Waals surface area contributed by atoms with E-state index in [1.54, 1.807) is 25.3 Å². The molecule has 0 fully saturated rings. The molecule has 0 heterocycles. The van der Waals surface area contributed by atoms with Crippen LogP contribution in [0.5, 0.6) is 5.75 Å². The Morgan fingerprint density at radius 1 is 1.10 bits per heavy atom. The summed E-state index contributed by atoms with van der Waals surface area (Å²) in [4.78, 5) is 12.2. The first-order valence-corrected chi connectivity index (χ1v) is 7.76. The predicted molar refractivity (Wildman–Crippen MR) is 92.3 cm³/mol. The van der Waals surface area contributed by atoms with Crippen molar-refractivity contribution in [1.82, 2.24) is 0 Å². The highest BCUT2D eigenvalue weighted by atomic mass is 79.9. The number of ether oxygens (including phenoxy) is 1. The minimum atomic E-state index is -0.178. The zero-order valence-corrected chi connectivity index (χ0v) is 14.7. The third kappa shape index (κ3) is 3.77. The molecule has 0 saturated carbocycles. The van der Waals surface area contributed by atoms with Gasteiger partial charge in [-0.25, -0.2) is 0 Å². The SMILES string of the molecule is CNc1ccc(C(=O)Nc2cc(OC)c(Br)cc2Br)cc1. The number of carbonyl (C=O) groups is 1. The molecule has 0 aliphatic carbocycles. The largest absolute Gasteiger partial charge is 0.495 e. The van der Waals surface area contributed by atoms with Crippen LogP contribution in [0, 0.1) is 0 Å². The summed E-state index contributed by atoms with van der Waals surface area (Å²) in [6, 6.07) is 10.8. The number of benzene rings is 2. The zero-order valence-electron chi connectivity index (χ0n) is 11.5. The summed E-state index contributed by atoms with van der Waals surface area (Å²) >= 11 is 6.82. The highest BCUT2D eigenvalue weighted by Crippen LogP contribution is 2.34. The van der Waals surface area contributed by atoms with Gasteiger partial charge in [0.05, 0.1) is 17.3 Å². The van der Waals surface area contributed by atoms with Crippen LogP contribution in [-0.4, -0.2) is 20.1 Å². The average Bonchev–Trinajstić information content (AvgIpc) is 2.50. The van der Waals surface area contributed by atoms with Crippen molar-refractivity contribution >= 4 is 49.1 Å². The first kappa shape index (κ1) is 15.9. The molecule has 0 bridgehead atoms. The topological polar surface area (TPSA) is 50.4 Å². The molecule has 2 rings (SSSR count). The second kappa shape index (κ2) is 6.95. The van der Waals surface area contributed by atoms with Crippen molar-refractivity contribution in [2.24, 2.45) is 0 Å². The minimum Gasteiger partial charge on any atom is -0.495 e. The molecule has 0 spiro atoms. The number of hydrogen-bond donors (Lipinski definition) is 2. The Kier molecular flexibility index (Phi) is 5.25. The van der Waals surface area contributed by atoms with Gasteiger partial charge in [0.25, 0.3) is 5.91 Å². The first-order chi connectivity index (χ1) is 10.0. The monoisotopic (exact) mass is 412 g/mol. The lowest BCUT2D eigenvalue weighted by molar-refractivity contribution is 0.102. The number of hydrogen-bond acceptors (Lipinski definition) is 3. The molecular formula is C15H14Br2N2O2. The molecule has 2 N–H and O–H groups in total. The zero-order chi connectivity index (χ0) is 15.4. The quantitative estimate of drug-likeness (QED) is 0.774. The molecule has 0 aliphatic rings. The van der Waals surface area contributed by atoms with E-state index in [0.717, 1.165) is 14.6 Å². The van der Waals surface area contributed by atoms with Gasteiger partial charge in [0.2, 0.25) is 0 Å². The van der Waals surface area contributed by atoms with Crippen molar-refractivity contribution in [2.75, 3.05) is 24.8 Å². The van der Waals surface area contributed by atoms with E-state index >= 15 is 0 Å². The van der Waals surface area contributed by atoms with E-state index in [0.29, 0.717) is 17.0 Å². The third-order valence-corrected chi connectivity index (χ3v) is 4.20. The Hall–Kier alpha value is -1.53. The van der Waals surface area contributed by atoms with Gasteiger partial charge in [-0.3, -0.25) is 4.79 Å². The second-order valence-corrected chi connectivity index (χ2v) is 5.96. The number of anilines is 2. The summed E-state index contributed by atoms with van der Waals surface area (Å²) in [6.07, 6.45) is 0. The van der Waals surface area contributed by atoms with Crippen molar-refractivity contribution in [3.8, 4) is 5.75 Å². The lowest BCUT2D eigenvalue weighted by Gasteiger charge is -2.11. The number of rotatable bonds is 4. The molecule has 0 radical (unpaired) electrons. The van der Waals surface area contributed by atoms with Crippen molar-refractivity contribution in [3.05, 3.63) is 50.9 Å². The summed E-state index contributed by atoms with van der Waals surface area (Å²) in [6.45, 7) is 0. The normalized spacial score (nSPS) is 10.1. The fraction of sp³-hybridized carbons (Fsp3) is 0.133. The van der Waals surface area contributed by atoms with Crippen LogP contribution in [-0.2, 0) is 0 Å². The van der Waals surface area contributed by atoms with Crippen LogP contribution in [0.15, 0.2) is 45.3 Å². The molecule has 110 valence electrons. The van der Waals surface area contributed by atoms with Gasteiger partial charge in [-0.2, -0.15) is 0 Å². The highest BCUT2D eigenvalue weighted by Gasteiger charge is 2.11. The molecule has 2 aromatic carbocycles. The van der Waals surface area contributed by atoms with Crippen molar-refractivity contribution < 1.29 is 9.53 Å². The Balaban J connectivity index is 2.22. The molecule has 0 unspecified atom stereocenters. The lowest BCUT2D eigenvalue weighted by atomic mass is 10.2. The van der Waals surface area contributed by atoms with Gasteiger partial charge in [0.1, 0.15) is 5.75 Å². The maximum atomic E-state index is 12.2. The van der Waals surface area contributed by atoms with Crippen LogP contribution >= 0.6 is 31.9 Å². The van der Waals surface area contributed by atoms with Crippen LogP contribution in [0.1, 0.15) is 10.4 Å². The van der Waals surface area contributed by atoms with E-state index in [1.165, 1.54) is 0 Å². The second-order valence-electron chi connectivity index (χ2n) is 4.25. The van der Waals surface area contributed by atoms with E-state index in [2.05, 4.69) is 42.5 Å². The number of methoxy groups -OCH3 is 1. The number of amides is 1. The number of nitrogens with one attached hydrogen (secondary N) is 2. The van der Waals surface area contributed by atoms with Crippen LogP contribution in [0.2, 0.25) is 0 Å². The van der Waals surface area contributed by atoms with E-state index < -0.39 is 0 Å². The van der Waals surface area contributed by atoms with Gasteiger partial charge in [-0.15, -0.1) is 0 Å². The predicted octanol–water partition coefficient (Wildman–Crippen LogP) is 4.51. The van der Waals surface area contributed by atoms with Crippen LogP contribution in [0.4, 0.5) is 11.4 Å². The minimum absolute atomic E-state index is 0.178. The van der Waals surface area contributed by atoms with Gasteiger partial charge < -0.3 is 15.4 Å². The van der Waals surface area contributed by atoms with Crippen LogP contribution in [0.25, 0.3) is 0 Å². The van der Waals surface area contributed by atoms with E-state index in [1.807, 2.05) is 25.2 Å². The van der Waals surface area contributed by atoms with Crippen LogP contribution in [0.3, 0.4) is 0 Å². The van der Waals surface area contributed by atoms with Crippen molar-refractivity contribution in [2.45, 2.75) is 0 Å². The Morgan fingerprint density at radius 2 is 1.76 bits per heavy atom. The molecule has 0 saturated heterocycles. The smallest absolute Gasteiger partial charge is 0.255 e. The Labute approximate surface area is 140 Å². The standard InChI is InChI=1S/C15H14Br2N2O2/c1-18-10-5-3-9(4-6-10)15(20)19-13-8-14(21-2)12(17)7-11(13)16/h3-8,18H,1-2H3,(H,19,20). The number of halogens is 2. The van der Waals surface area contributed by atoms with E-state index in [-0.39, 0.29) is 5.91 Å². The van der Waals surface area contributed by atoms with Crippen molar-refractivity contribution in [3.63, 3.8) is 0 Å². The molecule has 0 atom stereocenters.